The van der Waals surface area contributed by atoms with Crippen LogP contribution in [0.15, 0.2) is 42.5 Å². The quantitative estimate of drug-likeness (QED) is 0.783. The Morgan fingerprint density at radius 3 is 2.70 bits per heavy atom. The third-order valence-electron chi connectivity index (χ3n) is 4.79. The number of benzene rings is 2. The Balaban J connectivity index is 1.60. The predicted molar refractivity (Wildman–Crippen MR) is 106 cm³/mol. The normalized spacial score (nSPS) is 15.8. The largest absolute Gasteiger partial charge is 0.497 e. The number of nitrogens with zero attached hydrogens (tertiary/aromatic N) is 2. The second-order valence-corrected chi connectivity index (χ2v) is 6.98. The average Bonchev–Trinajstić information content (AvgIpc) is 3.08. The fraction of sp³-hybridized carbons (Fsp3) is 0.286. The number of rotatable bonds is 6. The van der Waals surface area contributed by atoms with E-state index in [-0.39, 0.29) is 25.2 Å². The number of halogens is 2. The molecule has 3 rings (SSSR count). The smallest absolute Gasteiger partial charge is 0.243 e. The van der Waals surface area contributed by atoms with Crippen LogP contribution in [-0.4, -0.2) is 49.9 Å². The molecule has 7 nitrogen and oxygen atoms in total. The van der Waals surface area contributed by atoms with Gasteiger partial charge in [-0.05, 0) is 24.3 Å². The molecular formula is C21H21F2N3O4. The van der Waals surface area contributed by atoms with E-state index in [1.807, 2.05) is 0 Å². The van der Waals surface area contributed by atoms with Gasteiger partial charge in [0.1, 0.15) is 17.4 Å². The van der Waals surface area contributed by atoms with E-state index in [9.17, 15) is 23.2 Å². The third-order valence-corrected chi connectivity index (χ3v) is 4.79. The van der Waals surface area contributed by atoms with Crippen molar-refractivity contribution in [2.75, 3.05) is 37.5 Å². The van der Waals surface area contributed by atoms with E-state index in [0.29, 0.717) is 17.5 Å². The predicted octanol–water partition coefficient (Wildman–Crippen LogP) is 2.42. The highest BCUT2D eigenvalue weighted by Crippen LogP contribution is 2.28. The Morgan fingerprint density at radius 2 is 2.00 bits per heavy atom. The summed E-state index contributed by atoms with van der Waals surface area (Å²) in [5.41, 5.74) is 0.448. The van der Waals surface area contributed by atoms with E-state index in [1.54, 1.807) is 24.3 Å². The molecule has 30 heavy (non-hydrogen) atoms. The first-order valence-electron chi connectivity index (χ1n) is 9.22. The highest BCUT2D eigenvalue weighted by molar-refractivity contribution is 6.01. The van der Waals surface area contributed by atoms with Crippen LogP contribution >= 0.6 is 0 Å². The standard InChI is InChI=1S/C21H21F2N3O4/c1-25(12-19(27)24-15-4-3-5-16(10-15)30-2)21(29)13-8-20(28)26(11-13)18-7-6-14(22)9-17(18)23/h3-7,9-10,13H,8,11-12H2,1-2H3,(H,24,27). The Kier molecular flexibility index (Phi) is 6.29. The summed E-state index contributed by atoms with van der Waals surface area (Å²) in [6, 6.07) is 9.69. The molecule has 0 saturated carbocycles. The molecule has 1 saturated heterocycles. The fourth-order valence-corrected chi connectivity index (χ4v) is 3.31. The molecule has 9 heteroatoms. The van der Waals surface area contributed by atoms with Gasteiger partial charge in [-0.2, -0.15) is 0 Å². The zero-order valence-corrected chi connectivity index (χ0v) is 16.5. The van der Waals surface area contributed by atoms with Gasteiger partial charge < -0.3 is 19.9 Å². The zero-order valence-electron chi connectivity index (χ0n) is 16.5. The first kappa shape index (κ1) is 21.2. The van der Waals surface area contributed by atoms with Gasteiger partial charge in [-0.1, -0.05) is 6.07 Å². The maximum atomic E-state index is 14.0. The van der Waals surface area contributed by atoms with Gasteiger partial charge in [-0.25, -0.2) is 8.78 Å². The Hall–Kier alpha value is -3.49. The number of methoxy groups -OCH3 is 1. The number of hydrogen-bond acceptors (Lipinski definition) is 4. The summed E-state index contributed by atoms with van der Waals surface area (Å²) in [4.78, 5) is 39.6. The summed E-state index contributed by atoms with van der Waals surface area (Å²) < 4.78 is 32.2. The van der Waals surface area contributed by atoms with Crippen molar-refractivity contribution < 1.29 is 27.9 Å². The summed E-state index contributed by atoms with van der Waals surface area (Å²) in [5.74, 6) is -3.03. The first-order valence-corrected chi connectivity index (χ1v) is 9.22. The minimum Gasteiger partial charge on any atom is -0.497 e. The van der Waals surface area contributed by atoms with E-state index < -0.39 is 35.3 Å². The second-order valence-electron chi connectivity index (χ2n) is 6.98. The molecule has 1 unspecified atom stereocenters. The lowest BCUT2D eigenvalue weighted by atomic mass is 10.1. The van der Waals surface area contributed by atoms with Gasteiger partial charge >= 0.3 is 0 Å². The highest BCUT2D eigenvalue weighted by Gasteiger charge is 2.37. The number of nitrogens with one attached hydrogen (secondary N) is 1. The van der Waals surface area contributed by atoms with E-state index in [2.05, 4.69) is 5.32 Å². The molecule has 1 fully saturated rings. The lowest BCUT2D eigenvalue weighted by Gasteiger charge is -2.21. The number of likely N-dealkylation sites (N-methyl/N-ethyl adjacent to an activating group) is 1. The van der Waals surface area contributed by atoms with E-state index in [4.69, 9.17) is 4.74 Å². The molecule has 0 bridgehead atoms. The summed E-state index contributed by atoms with van der Waals surface area (Å²) in [6.45, 7) is -0.256. The molecule has 1 heterocycles. The van der Waals surface area contributed by atoms with Crippen molar-refractivity contribution in [3.05, 3.63) is 54.1 Å². The molecule has 0 spiro atoms. The van der Waals surface area contributed by atoms with Gasteiger partial charge in [0, 0.05) is 37.8 Å². The molecular weight excluding hydrogens is 396 g/mol. The van der Waals surface area contributed by atoms with Crippen molar-refractivity contribution in [2.24, 2.45) is 5.92 Å². The summed E-state index contributed by atoms with van der Waals surface area (Å²) in [6.07, 6.45) is -0.114. The zero-order chi connectivity index (χ0) is 21.8. The molecule has 1 atom stereocenters. The summed E-state index contributed by atoms with van der Waals surface area (Å²) in [5, 5.41) is 2.67. The second kappa shape index (κ2) is 8.89. The van der Waals surface area contributed by atoms with Gasteiger partial charge in [-0.3, -0.25) is 14.4 Å². The van der Waals surface area contributed by atoms with Crippen molar-refractivity contribution in [3.63, 3.8) is 0 Å². The van der Waals surface area contributed by atoms with Crippen molar-refractivity contribution in [3.8, 4) is 5.75 Å². The van der Waals surface area contributed by atoms with Crippen LogP contribution in [0.3, 0.4) is 0 Å². The van der Waals surface area contributed by atoms with Crippen LogP contribution in [0.4, 0.5) is 20.2 Å². The minimum absolute atomic E-state index is 0.0396. The SMILES string of the molecule is COc1cccc(NC(=O)CN(C)C(=O)C2CC(=O)N(c3ccc(F)cc3F)C2)c1. The van der Waals surface area contributed by atoms with Crippen LogP contribution in [0.5, 0.6) is 5.75 Å². The lowest BCUT2D eigenvalue weighted by Crippen LogP contribution is -2.39. The first-order chi connectivity index (χ1) is 14.3. The number of ether oxygens (including phenoxy) is 1. The molecule has 3 amide bonds. The van der Waals surface area contributed by atoms with Crippen molar-refractivity contribution in [1.29, 1.82) is 0 Å². The fourth-order valence-electron chi connectivity index (χ4n) is 3.31. The highest BCUT2D eigenvalue weighted by atomic mass is 19.1. The van der Waals surface area contributed by atoms with Crippen LogP contribution in [0.1, 0.15) is 6.42 Å². The van der Waals surface area contributed by atoms with Crippen LogP contribution in [0.25, 0.3) is 0 Å². The summed E-state index contributed by atoms with van der Waals surface area (Å²) >= 11 is 0. The van der Waals surface area contributed by atoms with Crippen molar-refractivity contribution in [2.45, 2.75) is 6.42 Å². The molecule has 1 aliphatic heterocycles. The van der Waals surface area contributed by atoms with Crippen molar-refractivity contribution >= 4 is 29.1 Å². The number of carbonyl (C=O) groups is 3. The average molecular weight is 417 g/mol. The minimum atomic E-state index is -0.873. The van der Waals surface area contributed by atoms with E-state index >= 15 is 0 Å². The van der Waals surface area contributed by atoms with Crippen molar-refractivity contribution in [1.82, 2.24) is 4.90 Å². The molecule has 0 aromatic heterocycles. The number of hydrogen-bond donors (Lipinski definition) is 1. The maximum absolute atomic E-state index is 14.0. The number of anilines is 2. The lowest BCUT2D eigenvalue weighted by molar-refractivity contribution is -0.137. The molecule has 158 valence electrons. The van der Waals surface area contributed by atoms with Gasteiger partial charge in [-0.15, -0.1) is 0 Å². The molecule has 0 aliphatic carbocycles. The van der Waals surface area contributed by atoms with Crippen LogP contribution < -0.4 is 15.0 Å². The monoisotopic (exact) mass is 417 g/mol. The van der Waals surface area contributed by atoms with Crippen LogP contribution in [0, 0.1) is 17.6 Å². The molecule has 2 aromatic carbocycles. The van der Waals surface area contributed by atoms with Gasteiger partial charge in [0.05, 0.1) is 25.3 Å². The number of amides is 3. The Morgan fingerprint density at radius 1 is 1.23 bits per heavy atom. The van der Waals surface area contributed by atoms with E-state index in [0.717, 1.165) is 11.0 Å². The third kappa shape index (κ3) is 4.73. The van der Waals surface area contributed by atoms with Gasteiger partial charge in [0.15, 0.2) is 0 Å². The van der Waals surface area contributed by atoms with E-state index in [1.165, 1.54) is 25.1 Å². The topological polar surface area (TPSA) is 79.0 Å². The van der Waals surface area contributed by atoms with Crippen LogP contribution in [-0.2, 0) is 14.4 Å². The maximum Gasteiger partial charge on any atom is 0.243 e. The molecule has 2 aromatic rings. The molecule has 1 N–H and O–H groups in total. The Labute approximate surface area is 172 Å². The van der Waals surface area contributed by atoms with Gasteiger partial charge in [0.25, 0.3) is 0 Å². The molecule has 1 aliphatic rings. The molecule has 0 radical (unpaired) electrons. The summed E-state index contributed by atoms with van der Waals surface area (Å²) in [7, 11) is 2.97. The van der Waals surface area contributed by atoms with Gasteiger partial charge in [0.2, 0.25) is 17.7 Å². The Bertz CT molecular complexity index is 982. The number of carbonyl (C=O) groups excluding carboxylic acids is 3. The van der Waals surface area contributed by atoms with Crippen LogP contribution in [0.2, 0.25) is 0 Å².